The second kappa shape index (κ2) is 5.05. The monoisotopic (exact) mass is 227 g/mol. The van der Waals surface area contributed by atoms with Crippen LogP contribution in [0.3, 0.4) is 0 Å². The van der Waals surface area contributed by atoms with E-state index in [0.29, 0.717) is 0 Å². The minimum atomic E-state index is 0.203. The highest BCUT2D eigenvalue weighted by Gasteiger charge is 2.27. The minimum absolute atomic E-state index is 0.203. The van der Waals surface area contributed by atoms with Gasteiger partial charge >= 0.3 is 0 Å². The Hall–Kier alpha value is -0.450. The summed E-state index contributed by atoms with van der Waals surface area (Å²) in [5, 5.41) is 3.25. The summed E-state index contributed by atoms with van der Waals surface area (Å²) >= 11 is 1.71. The summed E-state index contributed by atoms with van der Waals surface area (Å²) in [6.07, 6.45) is 2.02. The smallest absolute Gasteiger partial charge is 0.0944 e. The van der Waals surface area contributed by atoms with Crippen molar-refractivity contribution in [2.24, 2.45) is 11.3 Å². The largest absolute Gasteiger partial charge is 0.271 e. The lowest BCUT2D eigenvalue weighted by Gasteiger charge is -2.32. The molecule has 86 valence electrons. The van der Waals surface area contributed by atoms with Gasteiger partial charge in [0.25, 0.3) is 0 Å². The van der Waals surface area contributed by atoms with E-state index in [4.69, 9.17) is 5.84 Å². The zero-order valence-corrected chi connectivity index (χ0v) is 10.8. The van der Waals surface area contributed by atoms with Crippen molar-refractivity contribution in [3.63, 3.8) is 0 Å². The molecule has 0 aliphatic heterocycles. The molecule has 1 atom stereocenters. The van der Waals surface area contributed by atoms with Gasteiger partial charge in [0.2, 0.25) is 0 Å². The molecular weight excluding hydrogens is 206 g/mol. The van der Waals surface area contributed by atoms with Crippen LogP contribution < -0.4 is 11.3 Å². The highest BCUT2D eigenvalue weighted by atomic mass is 32.1. The number of hydrazine groups is 1. The van der Waals surface area contributed by atoms with Crippen molar-refractivity contribution in [3.05, 3.63) is 16.1 Å². The molecule has 0 amide bonds. The number of aryl methyl sites for hydroxylation is 1. The first-order chi connectivity index (χ1) is 6.99. The minimum Gasteiger partial charge on any atom is -0.271 e. The lowest BCUT2D eigenvalue weighted by Crippen LogP contribution is -2.46. The number of nitrogens with one attached hydrogen (secondary N) is 1. The molecule has 3 N–H and O–H groups in total. The van der Waals surface area contributed by atoms with Crippen molar-refractivity contribution in [2.75, 3.05) is 0 Å². The van der Waals surface area contributed by atoms with Crippen molar-refractivity contribution < 1.29 is 0 Å². The first-order valence-electron chi connectivity index (χ1n) is 5.36. The summed E-state index contributed by atoms with van der Waals surface area (Å²) in [5.41, 5.74) is 4.22. The topological polar surface area (TPSA) is 50.9 Å². The van der Waals surface area contributed by atoms with Crippen LogP contribution in [-0.4, -0.2) is 11.0 Å². The van der Waals surface area contributed by atoms with Crippen LogP contribution in [0.1, 0.15) is 37.9 Å². The predicted molar refractivity (Wildman–Crippen MR) is 65.7 cm³/mol. The van der Waals surface area contributed by atoms with Crippen LogP contribution in [0.5, 0.6) is 0 Å². The van der Waals surface area contributed by atoms with Gasteiger partial charge in [-0.2, -0.15) is 0 Å². The van der Waals surface area contributed by atoms with Gasteiger partial charge in [0.15, 0.2) is 0 Å². The molecule has 15 heavy (non-hydrogen) atoms. The zero-order chi connectivity index (χ0) is 11.5. The van der Waals surface area contributed by atoms with Crippen molar-refractivity contribution >= 4 is 11.3 Å². The second-order valence-corrected chi connectivity index (χ2v) is 5.59. The molecule has 1 rings (SSSR count). The van der Waals surface area contributed by atoms with Crippen molar-refractivity contribution in [1.29, 1.82) is 0 Å². The fraction of sp³-hybridized carbons (Fsp3) is 0.727. The molecule has 1 aromatic rings. The third-order valence-corrected chi connectivity index (χ3v) is 4.09. The lowest BCUT2D eigenvalue weighted by atomic mass is 9.81. The Kier molecular flexibility index (Phi) is 4.25. The molecule has 0 aliphatic carbocycles. The Morgan fingerprint density at radius 3 is 2.67 bits per heavy atom. The normalized spacial score (nSPS) is 14.2. The van der Waals surface area contributed by atoms with Crippen molar-refractivity contribution in [1.82, 2.24) is 10.4 Å². The highest BCUT2D eigenvalue weighted by Crippen LogP contribution is 2.27. The Morgan fingerprint density at radius 2 is 2.27 bits per heavy atom. The van der Waals surface area contributed by atoms with Crippen molar-refractivity contribution in [2.45, 2.75) is 46.6 Å². The molecule has 0 radical (unpaired) electrons. The molecule has 1 unspecified atom stereocenters. The Labute approximate surface area is 96.1 Å². The number of hydrogen-bond donors (Lipinski definition) is 2. The number of thiazole rings is 1. The molecule has 0 spiro atoms. The summed E-state index contributed by atoms with van der Waals surface area (Å²) in [4.78, 5) is 4.47. The standard InChI is InChI=1S/C11H21N3S/c1-5-11(3,4)9(14-12)6-10-13-8(2)7-15-10/h7,9,14H,5-6,12H2,1-4H3. The van der Waals surface area contributed by atoms with Crippen molar-refractivity contribution in [3.8, 4) is 0 Å². The van der Waals surface area contributed by atoms with E-state index < -0.39 is 0 Å². The van der Waals surface area contributed by atoms with Crippen LogP contribution in [0.15, 0.2) is 5.38 Å². The van der Waals surface area contributed by atoms with Crippen LogP contribution in [0.25, 0.3) is 0 Å². The fourth-order valence-electron chi connectivity index (χ4n) is 1.48. The lowest BCUT2D eigenvalue weighted by molar-refractivity contribution is 0.231. The first-order valence-corrected chi connectivity index (χ1v) is 6.24. The van der Waals surface area contributed by atoms with Gasteiger partial charge in [-0.3, -0.25) is 11.3 Å². The molecule has 0 saturated heterocycles. The number of hydrogen-bond acceptors (Lipinski definition) is 4. The SMILES string of the molecule is CCC(C)(C)C(Cc1nc(C)cs1)NN. The number of nitrogens with zero attached hydrogens (tertiary/aromatic N) is 1. The Morgan fingerprint density at radius 1 is 1.60 bits per heavy atom. The molecule has 0 aromatic carbocycles. The van der Waals surface area contributed by atoms with E-state index in [1.165, 1.54) is 0 Å². The predicted octanol–water partition coefficient (Wildman–Crippen LogP) is 2.26. The maximum absolute atomic E-state index is 5.62. The average Bonchev–Trinajstić information content (AvgIpc) is 2.60. The Balaban J connectivity index is 2.69. The van der Waals surface area contributed by atoms with Gasteiger partial charge in [-0.1, -0.05) is 20.8 Å². The van der Waals surface area contributed by atoms with Crippen LogP contribution in [0, 0.1) is 12.3 Å². The summed E-state index contributed by atoms with van der Waals surface area (Å²) in [5.74, 6) is 5.62. The van der Waals surface area contributed by atoms with Crippen LogP contribution >= 0.6 is 11.3 Å². The van der Waals surface area contributed by atoms with E-state index in [0.717, 1.165) is 23.5 Å². The van der Waals surface area contributed by atoms with Crippen LogP contribution in [0.2, 0.25) is 0 Å². The van der Waals surface area contributed by atoms with Gasteiger partial charge < -0.3 is 0 Å². The van der Waals surface area contributed by atoms with E-state index in [2.05, 4.69) is 36.6 Å². The molecule has 3 nitrogen and oxygen atoms in total. The number of aromatic nitrogens is 1. The molecule has 4 heteroatoms. The summed E-state index contributed by atoms with van der Waals surface area (Å²) in [6.45, 7) is 8.68. The summed E-state index contributed by atoms with van der Waals surface area (Å²) in [6, 6.07) is 0.285. The molecule has 0 bridgehead atoms. The third-order valence-electron chi connectivity index (χ3n) is 3.10. The third kappa shape index (κ3) is 3.26. The maximum Gasteiger partial charge on any atom is 0.0944 e. The molecule has 1 heterocycles. The van der Waals surface area contributed by atoms with E-state index >= 15 is 0 Å². The highest BCUT2D eigenvalue weighted by molar-refractivity contribution is 7.09. The van der Waals surface area contributed by atoms with E-state index in [-0.39, 0.29) is 11.5 Å². The average molecular weight is 227 g/mol. The molecular formula is C11H21N3S. The number of rotatable bonds is 5. The molecule has 0 aliphatic rings. The van der Waals surface area contributed by atoms with Gasteiger partial charge in [-0.05, 0) is 18.8 Å². The summed E-state index contributed by atoms with van der Waals surface area (Å²) < 4.78 is 0. The summed E-state index contributed by atoms with van der Waals surface area (Å²) in [7, 11) is 0. The van der Waals surface area contributed by atoms with E-state index in [1.807, 2.05) is 6.92 Å². The zero-order valence-electron chi connectivity index (χ0n) is 10.0. The number of nitrogens with two attached hydrogens (primary N) is 1. The van der Waals surface area contributed by atoms with Gasteiger partial charge in [-0.25, -0.2) is 4.98 Å². The van der Waals surface area contributed by atoms with Gasteiger partial charge in [0.1, 0.15) is 0 Å². The van der Waals surface area contributed by atoms with Crippen LogP contribution in [-0.2, 0) is 6.42 Å². The quantitative estimate of drug-likeness (QED) is 0.599. The van der Waals surface area contributed by atoms with Gasteiger partial charge in [-0.15, -0.1) is 11.3 Å². The maximum atomic E-state index is 5.62. The van der Waals surface area contributed by atoms with E-state index in [9.17, 15) is 0 Å². The Bertz CT molecular complexity index is 307. The van der Waals surface area contributed by atoms with Gasteiger partial charge in [0.05, 0.1) is 5.01 Å². The van der Waals surface area contributed by atoms with Gasteiger partial charge in [0, 0.05) is 23.5 Å². The van der Waals surface area contributed by atoms with Crippen LogP contribution in [0.4, 0.5) is 0 Å². The molecule has 0 fully saturated rings. The molecule has 1 aromatic heterocycles. The van der Waals surface area contributed by atoms with E-state index in [1.54, 1.807) is 11.3 Å². The fourth-order valence-corrected chi connectivity index (χ4v) is 2.30. The molecule has 0 saturated carbocycles. The first kappa shape index (κ1) is 12.6. The second-order valence-electron chi connectivity index (χ2n) is 4.65.